The lowest BCUT2D eigenvalue weighted by molar-refractivity contribution is 0.0741. The minimum atomic E-state index is 0.125. The predicted octanol–water partition coefficient (Wildman–Crippen LogP) is 3.24. The molecule has 0 spiro atoms. The van der Waals surface area contributed by atoms with E-state index >= 15 is 0 Å². The van der Waals surface area contributed by atoms with E-state index in [0.29, 0.717) is 5.92 Å². The van der Waals surface area contributed by atoms with Crippen molar-refractivity contribution in [2.24, 2.45) is 5.92 Å². The fraction of sp³-hybridized carbons (Fsp3) is 0.533. The summed E-state index contributed by atoms with van der Waals surface area (Å²) >= 11 is 0. The quantitative estimate of drug-likeness (QED) is 0.838. The predicted molar refractivity (Wildman–Crippen MR) is 77.0 cm³/mol. The van der Waals surface area contributed by atoms with Crippen molar-refractivity contribution in [1.29, 1.82) is 0 Å². The molecule has 1 atom stereocenters. The van der Waals surface area contributed by atoms with Gasteiger partial charge in [0.2, 0.25) is 0 Å². The van der Waals surface area contributed by atoms with Gasteiger partial charge in [0.15, 0.2) is 0 Å². The van der Waals surface area contributed by atoms with Crippen molar-refractivity contribution < 1.29 is 4.79 Å². The lowest BCUT2D eigenvalue weighted by atomic mass is 10.1. The maximum Gasteiger partial charge on any atom is 0.253 e. The lowest BCUT2D eigenvalue weighted by Gasteiger charge is -2.24. The number of nitrogens with one attached hydrogen (secondary N) is 1. The van der Waals surface area contributed by atoms with Crippen LogP contribution in [-0.2, 0) is 0 Å². The summed E-state index contributed by atoms with van der Waals surface area (Å²) in [5.41, 5.74) is 1.79. The second-order valence-electron chi connectivity index (χ2n) is 4.68. The molecule has 3 nitrogen and oxygen atoms in total. The molecule has 0 aliphatic heterocycles. The molecule has 0 aliphatic rings. The van der Waals surface area contributed by atoms with Crippen molar-refractivity contribution in [3.63, 3.8) is 0 Å². The number of carbonyl (C=O) groups is 1. The maximum atomic E-state index is 12.3. The number of hydrogen-bond acceptors (Lipinski definition) is 2. The van der Waals surface area contributed by atoms with Gasteiger partial charge >= 0.3 is 0 Å². The third kappa shape index (κ3) is 3.76. The first-order valence-corrected chi connectivity index (χ1v) is 6.69. The van der Waals surface area contributed by atoms with E-state index in [1.807, 2.05) is 43.1 Å². The van der Waals surface area contributed by atoms with E-state index in [4.69, 9.17) is 0 Å². The third-order valence-electron chi connectivity index (χ3n) is 3.32. The van der Waals surface area contributed by atoms with Crippen molar-refractivity contribution in [2.75, 3.05) is 25.5 Å². The summed E-state index contributed by atoms with van der Waals surface area (Å²) in [6.45, 7) is 7.96. The average molecular weight is 248 g/mol. The second-order valence-corrected chi connectivity index (χ2v) is 4.68. The molecule has 18 heavy (non-hydrogen) atoms. The number of hydrogen-bond donors (Lipinski definition) is 1. The topological polar surface area (TPSA) is 32.3 Å². The Morgan fingerprint density at radius 3 is 2.33 bits per heavy atom. The fourth-order valence-corrected chi connectivity index (χ4v) is 1.82. The summed E-state index contributed by atoms with van der Waals surface area (Å²) in [4.78, 5) is 14.3. The molecule has 0 heterocycles. The zero-order chi connectivity index (χ0) is 13.5. The Bertz CT molecular complexity index is 373. The first-order valence-electron chi connectivity index (χ1n) is 6.69. The summed E-state index contributed by atoms with van der Waals surface area (Å²) in [5.74, 6) is 0.672. The lowest BCUT2D eigenvalue weighted by Crippen LogP contribution is -2.34. The number of amides is 1. The number of nitrogens with zero attached hydrogens (tertiary/aromatic N) is 1. The number of carbonyl (C=O) groups excluding carboxylic acids is 1. The van der Waals surface area contributed by atoms with Crippen LogP contribution >= 0.6 is 0 Å². The first-order chi connectivity index (χ1) is 8.62. The molecule has 1 aromatic rings. The molecule has 0 aliphatic carbocycles. The summed E-state index contributed by atoms with van der Waals surface area (Å²) < 4.78 is 0. The molecule has 0 fully saturated rings. The molecule has 1 rings (SSSR count). The zero-order valence-corrected chi connectivity index (χ0v) is 11.9. The Balaban J connectivity index is 2.76. The molecule has 0 bridgehead atoms. The van der Waals surface area contributed by atoms with Crippen LogP contribution in [0.3, 0.4) is 0 Å². The van der Waals surface area contributed by atoms with Gasteiger partial charge in [-0.1, -0.05) is 20.3 Å². The van der Waals surface area contributed by atoms with Crippen LogP contribution in [0.5, 0.6) is 0 Å². The maximum absolute atomic E-state index is 12.3. The van der Waals surface area contributed by atoms with E-state index < -0.39 is 0 Å². The summed E-state index contributed by atoms with van der Waals surface area (Å²) in [7, 11) is 1.87. The fourth-order valence-electron chi connectivity index (χ4n) is 1.82. The highest BCUT2D eigenvalue weighted by Gasteiger charge is 2.15. The molecule has 0 radical (unpaired) electrons. The molecule has 1 aromatic carbocycles. The SMILES string of the molecule is CCC(C)CN(CC)C(=O)c1ccc(NC)cc1. The number of anilines is 1. The van der Waals surface area contributed by atoms with Gasteiger partial charge in [0.25, 0.3) is 5.91 Å². The molecule has 100 valence electrons. The number of rotatable bonds is 6. The number of benzene rings is 1. The van der Waals surface area contributed by atoms with Crippen molar-refractivity contribution in [2.45, 2.75) is 27.2 Å². The Hall–Kier alpha value is -1.51. The van der Waals surface area contributed by atoms with Gasteiger partial charge in [-0.25, -0.2) is 0 Å². The van der Waals surface area contributed by atoms with E-state index in [2.05, 4.69) is 19.2 Å². The highest BCUT2D eigenvalue weighted by atomic mass is 16.2. The van der Waals surface area contributed by atoms with E-state index in [0.717, 1.165) is 30.8 Å². The van der Waals surface area contributed by atoms with Crippen LogP contribution in [0.2, 0.25) is 0 Å². The van der Waals surface area contributed by atoms with Crippen molar-refractivity contribution in [3.05, 3.63) is 29.8 Å². The van der Waals surface area contributed by atoms with Gasteiger partial charge in [0.1, 0.15) is 0 Å². The van der Waals surface area contributed by atoms with Gasteiger partial charge in [0.05, 0.1) is 0 Å². The second kappa shape index (κ2) is 7.04. The molecule has 0 aromatic heterocycles. The Labute approximate surface area is 110 Å². The monoisotopic (exact) mass is 248 g/mol. The first kappa shape index (κ1) is 14.6. The van der Waals surface area contributed by atoms with E-state index in [1.165, 1.54) is 0 Å². The summed E-state index contributed by atoms with van der Waals surface area (Å²) in [5, 5.41) is 3.05. The molecule has 1 amide bonds. The molecule has 1 unspecified atom stereocenters. The normalized spacial score (nSPS) is 12.0. The highest BCUT2D eigenvalue weighted by molar-refractivity contribution is 5.94. The van der Waals surface area contributed by atoms with Gasteiger partial charge < -0.3 is 10.2 Å². The van der Waals surface area contributed by atoms with Crippen molar-refractivity contribution in [1.82, 2.24) is 4.90 Å². The standard InChI is InChI=1S/C15H24N2O/c1-5-12(3)11-17(6-2)15(18)13-7-9-14(16-4)10-8-13/h7-10,12,16H,5-6,11H2,1-4H3. The molecule has 0 saturated heterocycles. The van der Waals surface area contributed by atoms with Gasteiger partial charge in [-0.05, 0) is 37.1 Å². The minimum Gasteiger partial charge on any atom is -0.388 e. The smallest absolute Gasteiger partial charge is 0.253 e. The molecule has 0 saturated carbocycles. The van der Waals surface area contributed by atoms with Crippen molar-refractivity contribution in [3.8, 4) is 0 Å². The molecule has 3 heteroatoms. The molecule has 1 N–H and O–H groups in total. The highest BCUT2D eigenvalue weighted by Crippen LogP contribution is 2.13. The van der Waals surface area contributed by atoms with Gasteiger partial charge in [-0.15, -0.1) is 0 Å². The summed E-state index contributed by atoms with van der Waals surface area (Å²) in [6, 6.07) is 7.63. The van der Waals surface area contributed by atoms with Crippen LogP contribution in [0.15, 0.2) is 24.3 Å². The van der Waals surface area contributed by atoms with Gasteiger partial charge in [0, 0.05) is 31.4 Å². The molecular weight excluding hydrogens is 224 g/mol. The van der Waals surface area contributed by atoms with Gasteiger partial charge in [-0.2, -0.15) is 0 Å². The van der Waals surface area contributed by atoms with Crippen LogP contribution in [0, 0.1) is 5.92 Å². The minimum absolute atomic E-state index is 0.125. The van der Waals surface area contributed by atoms with E-state index in [-0.39, 0.29) is 5.91 Å². The largest absolute Gasteiger partial charge is 0.388 e. The zero-order valence-electron chi connectivity index (χ0n) is 11.9. The average Bonchev–Trinajstić information content (AvgIpc) is 2.43. The van der Waals surface area contributed by atoms with E-state index in [9.17, 15) is 4.79 Å². The van der Waals surface area contributed by atoms with Crippen LogP contribution in [0.1, 0.15) is 37.6 Å². The Morgan fingerprint density at radius 2 is 1.89 bits per heavy atom. The summed E-state index contributed by atoms with van der Waals surface area (Å²) in [6.07, 6.45) is 1.10. The van der Waals surface area contributed by atoms with Crippen LogP contribution in [0.4, 0.5) is 5.69 Å². The van der Waals surface area contributed by atoms with Crippen LogP contribution in [0.25, 0.3) is 0 Å². The van der Waals surface area contributed by atoms with Gasteiger partial charge in [-0.3, -0.25) is 4.79 Å². The van der Waals surface area contributed by atoms with Crippen LogP contribution in [-0.4, -0.2) is 30.9 Å². The third-order valence-corrected chi connectivity index (χ3v) is 3.32. The Kier molecular flexibility index (Phi) is 5.69. The van der Waals surface area contributed by atoms with Crippen molar-refractivity contribution >= 4 is 11.6 Å². The van der Waals surface area contributed by atoms with E-state index in [1.54, 1.807) is 0 Å². The molecular formula is C15H24N2O. The Morgan fingerprint density at radius 1 is 1.28 bits per heavy atom. The van der Waals surface area contributed by atoms with Crippen LogP contribution < -0.4 is 5.32 Å².